The molecule has 0 radical (unpaired) electrons. The first-order chi connectivity index (χ1) is 15.8. The van der Waals surface area contributed by atoms with Crippen LogP contribution in [0.3, 0.4) is 0 Å². The topological polar surface area (TPSA) is 50.4 Å². The Hall–Kier alpha value is -3.22. The number of allylic oxidation sites excluding steroid dienone is 1. The molecule has 0 saturated heterocycles. The van der Waals surface area contributed by atoms with E-state index in [1.165, 1.54) is 6.07 Å². The normalized spacial score (nSPS) is 10.9. The molecule has 168 valence electrons. The Balaban J connectivity index is 1.67. The van der Waals surface area contributed by atoms with Gasteiger partial charge in [-0.1, -0.05) is 30.0 Å². The summed E-state index contributed by atoms with van der Waals surface area (Å²) < 4.78 is 29.4. The molecule has 0 aliphatic heterocycles. The first-order valence-electron chi connectivity index (χ1n) is 10.0. The predicted molar refractivity (Wildman–Crippen MR) is 134 cm³/mol. The highest BCUT2D eigenvalue weighted by Gasteiger charge is 2.19. The highest BCUT2D eigenvalue weighted by atomic mass is 127. The van der Waals surface area contributed by atoms with Gasteiger partial charge < -0.3 is 5.32 Å². The second kappa shape index (κ2) is 11.6. The van der Waals surface area contributed by atoms with Crippen LogP contribution in [0.4, 0.5) is 20.2 Å². The summed E-state index contributed by atoms with van der Waals surface area (Å²) in [5.41, 5.74) is 4.95. The Morgan fingerprint density at radius 3 is 2.61 bits per heavy atom. The maximum atomic E-state index is 14.6. The summed E-state index contributed by atoms with van der Waals surface area (Å²) in [6.45, 7) is 3.71. The number of carbonyl (C=O) groups is 1. The van der Waals surface area contributed by atoms with E-state index in [2.05, 4.69) is 45.2 Å². The molecule has 0 atom stereocenters. The van der Waals surface area contributed by atoms with Crippen LogP contribution < -0.4 is 10.8 Å². The third-order valence-electron chi connectivity index (χ3n) is 4.60. The largest absolute Gasteiger partial charge is 0.352 e. The second-order valence-electron chi connectivity index (χ2n) is 7.11. The molecule has 1 amide bonds. The molecule has 2 N–H and O–H groups in total. The van der Waals surface area contributed by atoms with E-state index >= 15 is 0 Å². The standard InChI is InChI=1S/C26H21F2IN2O2/c1-17(8-9-19-6-4-3-5-7-19)14-15-33-31-26(32)21-11-12-22(27)24(28)25(21)30-23-13-10-20(29)16-18(23)2/h3-7,10-14,16,30H,15H2,1-2H3,(H,31,32)/b17-14+. The lowest BCUT2D eigenvalue weighted by Gasteiger charge is -2.15. The van der Waals surface area contributed by atoms with Crippen molar-refractivity contribution in [3.8, 4) is 11.8 Å². The van der Waals surface area contributed by atoms with Crippen molar-refractivity contribution in [2.24, 2.45) is 0 Å². The summed E-state index contributed by atoms with van der Waals surface area (Å²) >= 11 is 2.16. The van der Waals surface area contributed by atoms with Crippen LogP contribution in [0, 0.1) is 34.0 Å². The van der Waals surface area contributed by atoms with Gasteiger partial charge in [-0.05, 0) is 96.1 Å². The van der Waals surface area contributed by atoms with Gasteiger partial charge in [-0.15, -0.1) is 0 Å². The molecule has 3 rings (SSSR count). The summed E-state index contributed by atoms with van der Waals surface area (Å²) in [5, 5.41) is 2.83. The molecular formula is C26H21F2IN2O2. The van der Waals surface area contributed by atoms with Gasteiger partial charge in [-0.3, -0.25) is 9.63 Å². The lowest BCUT2D eigenvalue weighted by atomic mass is 10.1. The van der Waals surface area contributed by atoms with Crippen LogP contribution in [0.1, 0.15) is 28.4 Å². The maximum Gasteiger partial charge on any atom is 0.277 e. The van der Waals surface area contributed by atoms with E-state index in [1.807, 2.05) is 56.3 Å². The summed E-state index contributed by atoms with van der Waals surface area (Å²) in [6, 6.07) is 17.1. The van der Waals surface area contributed by atoms with Crippen molar-refractivity contribution >= 4 is 39.9 Å². The minimum absolute atomic E-state index is 0.0592. The number of benzene rings is 3. The zero-order chi connectivity index (χ0) is 23.8. The van der Waals surface area contributed by atoms with Gasteiger partial charge in [0.2, 0.25) is 0 Å². The van der Waals surface area contributed by atoms with Gasteiger partial charge in [-0.2, -0.15) is 0 Å². The molecule has 0 heterocycles. The van der Waals surface area contributed by atoms with Crippen LogP contribution in [0.15, 0.2) is 72.3 Å². The molecule has 0 spiro atoms. The summed E-state index contributed by atoms with van der Waals surface area (Å²) in [7, 11) is 0. The maximum absolute atomic E-state index is 14.6. The van der Waals surface area contributed by atoms with Crippen LogP contribution in [0.2, 0.25) is 0 Å². The first-order valence-corrected chi connectivity index (χ1v) is 11.1. The van der Waals surface area contributed by atoms with E-state index in [1.54, 1.807) is 12.1 Å². The Morgan fingerprint density at radius 1 is 1.12 bits per heavy atom. The highest BCUT2D eigenvalue weighted by molar-refractivity contribution is 14.1. The van der Waals surface area contributed by atoms with Crippen molar-refractivity contribution in [3.05, 3.63) is 104 Å². The van der Waals surface area contributed by atoms with Crippen LogP contribution in [-0.4, -0.2) is 12.5 Å². The van der Waals surface area contributed by atoms with Crippen molar-refractivity contribution in [2.45, 2.75) is 13.8 Å². The van der Waals surface area contributed by atoms with E-state index in [0.717, 1.165) is 26.3 Å². The van der Waals surface area contributed by atoms with Crippen LogP contribution in [0.25, 0.3) is 0 Å². The molecule has 0 saturated carbocycles. The van der Waals surface area contributed by atoms with Crippen LogP contribution in [-0.2, 0) is 4.84 Å². The molecule has 3 aromatic carbocycles. The number of hydrogen-bond donors (Lipinski definition) is 2. The Kier molecular flexibility index (Phi) is 8.58. The average molecular weight is 558 g/mol. The van der Waals surface area contributed by atoms with Crippen LogP contribution >= 0.6 is 22.6 Å². The number of nitrogens with one attached hydrogen (secondary N) is 2. The number of halogens is 3. The number of anilines is 2. The molecule has 0 aliphatic rings. The summed E-state index contributed by atoms with van der Waals surface area (Å²) in [5.74, 6) is 3.10. The molecular weight excluding hydrogens is 537 g/mol. The Bertz CT molecular complexity index is 1250. The minimum atomic E-state index is -1.15. The molecule has 7 heteroatoms. The van der Waals surface area contributed by atoms with Crippen molar-refractivity contribution in [3.63, 3.8) is 0 Å². The fourth-order valence-corrected chi connectivity index (χ4v) is 3.48. The number of carbonyl (C=O) groups excluding carboxylic acids is 1. The van der Waals surface area contributed by atoms with Gasteiger partial charge in [0.15, 0.2) is 11.6 Å². The van der Waals surface area contributed by atoms with Crippen LogP contribution in [0.5, 0.6) is 0 Å². The minimum Gasteiger partial charge on any atom is -0.352 e. The third-order valence-corrected chi connectivity index (χ3v) is 5.27. The van der Waals surface area contributed by atoms with Gasteiger partial charge >= 0.3 is 0 Å². The van der Waals surface area contributed by atoms with Gasteiger partial charge in [0.1, 0.15) is 0 Å². The van der Waals surface area contributed by atoms with E-state index in [0.29, 0.717) is 5.69 Å². The third kappa shape index (κ3) is 6.88. The van der Waals surface area contributed by atoms with Crippen molar-refractivity contribution in [1.29, 1.82) is 0 Å². The van der Waals surface area contributed by atoms with E-state index in [9.17, 15) is 13.6 Å². The molecule has 0 aliphatic carbocycles. The average Bonchev–Trinajstić information content (AvgIpc) is 2.80. The van der Waals surface area contributed by atoms with Gasteiger partial charge in [0, 0.05) is 14.8 Å². The quantitative estimate of drug-likeness (QED) is 0.162. The number of hydroxylamine groups is 1. The fourth-order valence-electron chi connectivity index (χ4n) is 2.84. The van der Waals surface area contributed by atoms with Crippen molar-refractivity contribution in [1.82, 2.24) is 5.48 Å². The molecule has 33 heavy (non-hydrogen) atoms. The number of amides is 1. The van der Waals surface area contributed by atoms with Crippen molar-refractivity contribution in [2.75, 3.05) is 11.9 Å². The Morgan fingerprint density at radius 2 is 1.88 bits per heavy atom. The van der Waals surface area contributed by atoms with Gasteiger partial charge in [0.05, 0.1) is 17.9 Å². The molecule has 4 nitrogen and oxygen atoms in total. The lowest BCUT2D eigenvalue weighted by molar-refractivity contribution is 0.0420. The number of rotatable bonds is 6. The molecule has 0 fully saturated rings. The van der Waals surface area contributed by atoms with E-state index in [-0.39, 0.29) is 17.9 Å². The van der Waals surface area contributed by atoms with Crippen molar-refractivity contribution < 1.29 is 18.4 Å². The number of aryl methyl sites for hydroxylation is 1. The van der Waals surface area contributed by atoms with E-state index in [4.69, 9.17) is 4.84 Å². The molecule has 0 aromatic heterocycles. The molecule has 0 bridgehead atoms. The zero-order valence-electron chi connectivity index (χ0n) is 18.0. The Labute approximate surface area is 205 Å². The van der Waals surface area contributed by atoms with Gasteiger partial charge in [-0.25, -0.2) is 14.3 Å². The first kappa shape index (κ1) is 24.4. The van der Waals surface area contributed by atoms with Gasteiger partial charge in [0.25, 0.3) is 5.91 Å². The summed E-state index contributed by atoms with van der Waals surface area (Å²) in [6.07, 6.45) is 1.70. The molecule has 3 aromatic rings. The smallest absolute Gasteiger partial charge is 0.277 e. The predicted octanol–water partition coefficient (Wildman–Crippen LogP) is 6.28. The second-order valence-corrected chi connectivity index (χ2v) is 8.36. The fraction of sp³-hybridized carbons (Fsp3) is 0.115. The summed E-state index contributed by atoms with van der Waals surface area (Å²) in [4.78, 5) is 17.8. The number of hydrogen-bond acceptors (Lipinski definition) is 3. The zero-order valence-corrected chi connectivity index (χ0v) is 20.2. The monoisotopic (exact) mass is 558 g/mol. The SMILES string of the molecule is C/C(C#Cc1ccccc1)=C\CONC(=O)c1ccc(F)c(F)c1Nc1ccc(I)cc1C. The molecule has 0 unspecified atom stereocenters. The highest BCUT2D eigenvalue weighted by Crippen LogP contribution is 2.28. The van der Waals surface area contributed by atoms with E-state index < -0.39 is 17.5 Å². The lowest BCUT2D eigenvalue weighted by Crippen LogP contribution is -2.25.